The average Bonchev–Trinajstić information content (AvgIpc) is 3.16. The van der Waals surface area contributed by atoms with Crippen LogP contribution in [-0.4, -0.2) is 46.8 Å². The number of aryl methyl sites for hydroxylation is 1. The first-order valence-corrected chi connectivity index (χ1v) is 10.2. The second-order valence-corrected chi connectivity index (χ2v) is 8.23. The molecule has 1 aliphatic rings. The van der Waals surface area contributed by atoms with Crippen molar-refractivity contribution in [1.82, 2.24) is 14.7 Å². The van der Waals surface area contributed by atoms with Crippen molar-refractivity contribution in [3.05, 3.63) is 69.6 Å². The first kappa shape index (κ1) is 19.3. The first-order chi connectivity index (χ1) is 14.0. The quantitative estimate of drug-likeness (QED) is 0.661. The highest BCUT2D eigenvalue weighted by Gasteiger charge is 2.23. The van der Waals surface area contributed by atoms with E-state index in [0.29, 0.717) is 37.6 Å². The summed E-state index contributed by atoms with van der Waals surface area (Å²) in [5.74, 6) is -0.420. The number of anilines is 1. The number of rotatable bonds is 4. The lowest BCUT2D eigenvalue weighted by Crippen LogP contribution is -2.50. The molecule has 1 aromatic carbocycles. The van der Waals surface area contributed by atoms with Crippen LogP contribution in [0.4, 0.5) is 10.1 Å². The molecule has 1 amide bonds. The molecule has 0 atom stereocenters. The molecule has 3 heterocycles. The Hall–Kier alpha value is -3.00. The zero-order chi connectivity index (χ0) is 20.4. The van der Waals surface area contributed by atoms with E-state index in [9.17, 15) is 14.0 Å². The Bertz CT molecular complexity index is 1090. The van der Waals surface area contributed by atoms with Crippen LogP contribution in [0.15, 0.2) is 53.3 Å². The van der Waals surface area contributed by atoms with Crippen LogP contribution in [-0.2, 0) is 11.3 Å². The molecule has 1 fully saturated rings. The number of benzene rings is 1. The van der Waals surface area contributed by atoms with Gasteiger partial charge in [-0.15, -0.1) is 11.3 Å². The zero-order valence-corrected chi connectivity index (χ0v) is 16.9. The third-order valence-corrected chi connectivity index (χ3v) is 5.99. The van der Waals surface area contributed by atoms with Gasteiger partial charge in [-0.1, -0.05) is 12.1 Å². The van der Waals surface area contributed by atoms with Gasteiger partial charge in [0.05, 0.1) is 10.6 Å². The molecule has 0 saturated carbocycles. The van der Waals surface area contributed by atoms with Crippen molar-refractivity contribution in [3.63, 3.8) is 0 Å². The summed E-state index contributed by atoms with van der Waals surface area (Å²) in [5, 5.41) is 4.37. The van der Waals surface area contributed by atoms with E-state index in [2.05, 4.69) is 5.10 Å². The summed E-state index contributed by atoms with van der Waals surface area (Å²) in [7, 11) is 0. The lowest BCUT2D eigenvalue weighted by atomic mass is 10.2. The highest BCUT2D eigenvalue weighted by molar-refractivity contribution is 7.15. The number of carbonyl (C=O) groups excluding carboxylic acids is 1. The minimum Gasteiger partial charge on any atom is -0.366 e. The highest BCUT2D eigenvalue weighted by Crippen LogP contribution is 2.25. The fourth-order valence-corrected chi connectivity index (χ4v) is 4.23. The zero-order valence-electron chi connectivity index (χ0n) is 16.0. The smallest absolute Gasteiger partial charge is 0.267 e. The number of hydrogen-bond donors (Lipinski definition) is 0. The molecule has 0 unspecified atom stereocenters. The van der Waals surface area contributed by atoms with E-state index in [1.54, 1.807) is 40.5 Å². The Balaban J connectivity index is 1.43. The minimum atomic E-state index is -0.305. The number of amides is 1. The summed E-state index contributed by atoms with van der Waals surface area (Å²) < 4.78 is 15.2. The van der Waals surface area contributed by atoms with Crippen LogP contribution < -0.4 is 10.5 Å². The van der Waals surface area contributed by atoms with Gasteiger partial charge in [0.2, 0.25) is 5.91 Å². The SMILES string of the molecule is Cc1ccc(-c2ccc(=O)n(CC(=O)N3CCN(c4ccccc4F)CC3)n2)s1. The second-order valence-electron chi connectivity index (χ2n) is 6.94. The molecular formula is C21H21FN4O2S. The maximum Gasteiger partial charge on any atom is 0.267 e. The van der Waals surface area contributed by atoms with Gasteiger partial charge in [-0.3, -0.25) is 9.59 Å². The van der Waals surface area contributed by atoms with Crippen LogP contribution >= 0.6 is 11.3 Å². The van der Waals surface area contributed by atoms with Gasteiger partial charge in [0, 0.05) is 37.1 Å². The molecule has 8 heteroatoms. The van der Waals surface area contributed by atoms with Crippen LogP contribution in [0.1, 0.15) is 4.88 Å². The van der Waals surface area contributed by atoms with Crippen molar-refractivity contribution < 1.29 is 9.18 Å². The third kappa shape index (κ3) is 4.22. The van der Waals surface area contributed by atoms with Crippen LogP contribution in [0.25, 0.3) is 10.6 Å². The molecule has 150 valence electrons. The molecule has 4 rings (SSSR count). The van der Waals surface area contributed by atoms with E-state index in [-0.39, 0.29) is 23.8 Å². The van der Waals surface area contributed by atoms with Gasteiger partial charge < -0.3 is 9.80 Å². The third-order valence-electron chi connectivity index (χ3n) is 4.97. The van der Waals surface area contributed by atoms with Crippen LogP contribution in [0.5, 0.6) is 0 Å². The van der Waals surface area contributed by atoms with Gasteiger partial charge in [0.25, 0.3) is 5.56 Å². The van der Waals surface area contributed by atoms with E-state index in [0.717, 1.165) is 9.75 Å². The number of piperazine rings is 1. The van der Waals surface area contributed by atoms with Gasteiger partial charge in [-0.2, -0.15) is 5.10 Å². The number of nitrogens with zero attached hydrogens (tertiary/aromatic N) is 4. The second kappa shape index (κ2) is 8.16. The van der Waals surface area contributed by atoms with E-state index in [4.69, 9.17) is 0 Å². The van der Waals surface area contributed by atoms with Crippen LogP contribution in [0, 0.1) is 12.7 Å². The fraction of sp³-hybridized carbons (Fsp3) is 0.286. The average molecular weight is 412 g/mol. The summed E-state index contributed by atoms with van der Waals surface area (Å²) in [6.45, 7) is 3.95. The molecule has 29 heavy (non-hydrogen) atoms. The van der Waals surface area contributed by atoms with Gasteiger partial charge >= 0.3 is 0 Å². The monoisotopic (exact) mass is 412 g/mol. The van der Waals surface area contributed by atoms with Crippen LogP contribution in [0.3, 0.4) is 0 Å². The lowest BCUT2D eigenvalue weighted by molar-refractivity contribution is -0.132. The van der Waals surface area contributed by atoms with Gasteiger partial charge in [-0.25, -0.2) is 9.07 Å². The van der Waals surface area contributed by atoms with Crippen molar-refractivity contribution in [1.29, 1.82) is 0 Å². The summed E-state index contributed by atoms with van der Waals surface area (Å²) in [6.07, 6.45) is 0. The lowest BCUT2D eigenvalue weighted by Gasteiger charge is -2.36. The van der Waals surface area contributed by atoms with Crippen molar-refractivity contribution >= 4 is 22.9 Å². The number of hydrogen-bond acceptors (Lipinski definition) is 5. The minimum absolute atomic E-state index is 0.100. The Kier molecular flexibility index (Phi) is 5.44. The topological polar surface area (TPSA) is 58.4 Å². The molecule has 6 nitrogen and oxygen atoms in total. The maximum absolute atomic E-state index is 14.0. The Labute approximate surface area is 171 Å². The highest BCUT2D eigenvalue weighted by atomic mass is 32.1. The first-order valence-electron chi connectivity index (χ1n) is 9.43. The van der Waals surface area contributed by atoms with Crippen molar-refractivity contribution in [2.24, 2.45) is 0 Å². The van der Waals surface area contributed by atoms with Crippen molar-refractivity contribution in [3.8, 4) is 10.6 Å². The Morgan fingerprint density at radius 2 is 1.83 bits per heavy atom. The summed E-state index contributed by atoms with van der Waals surface area (Å²) in [5.41, 5.74) is 0.927. The molecule has 1 saturated heterocycles. The Morgan fingerprint density at radius 1 is 1.07 bits per heavy atom. The normalized spacial score (nSPS) is 14.3. The van der Waals surface area contributed by atoms with Gasteiger partial charge in [0.1, 0.15) is 18.1 Å². The largest absolute Gasteiger partial charge is 0.366 e. The molecule has 0 spiro atoms. The van der Waals surface area contributed by atoms with E-state index in [1.165, 1.54) is 16.8 Å². The predicted octanol–water partition coefficient (Wildman–Crippen LogP) is 2.77. The molecule has 1 aliphatic heterocycles. The molecule has 3 aromatic rings. The van der Waals surface area contributed by atoms with Crippen molar-refractivity contribution in [2.75, 3.05) is 31.1 Å². The standard InChI is InChI=1S/C21H21FN4O2S/c1-15-6-8-19(29-15)17-7-9-20(27)26(23-17)14-21(28)25-12-10-24(11-13-25)18-5-3-2-4-16(18)22/h2-9H,10-14H2,1H3. The number of carbonyl (C=O) groups is 1. The number of para-hydroxylation sites is 1. The molecule has 0 aliphatic carbocycles. The Morgan fingerprint density at radius 3 is 2.52 bits per heavy atom. The van der Waals surface area contributed by atoms with Crippen LogP contribution in [0.2, 0.25) is 0 Å². The molecule has 0 bridgehead atoms. The number of aromatic nitrogens is 2. The summed E-state index contributed by atoms with van der Waals surface area (Å²) >= 11 is 1.59. The van der Waals surface area contributed by atoms with E-state index in [1.807, 2.05) is 24.0 Å². The predicted molar refractivity (Wildman–Crippen MR) is 112 cm³/mol. The van der Waals surface area contributed by atoms with Gasteiger partial charge in [-0.05, 0) is 37.3 Å². The fourth-order valence-electron chi connectivity index (χ4n) is 3.40. The molecule has 0 radical (unpaired) electrons. The molecular weight excluding hydrogens is 391 g/mol. The van der Waals surface area contributed by atoms with E-state index >= 15 is 0 Å². The summed E-state index contributed by atoms with van der Waals surface area (Å²) in [6, 6.07) is 13.7. The molecule has 2 aromatic heterocycles. The van der Waals surface area contributed by atoms with Crippen molar-refractivity contribution in [2.45, 2.75) is 13.5 Å². The molecule has 0 N–H and O–H groups in total. The maximum atomic E-state index is 14.0. The van der Waals surface area contributed by atoms with Gasteiger partial charge in [0.15, 0.2) is 0 Å². The number of halogens is 1. The number of thiophene rings is 1. The summed E-state index contributed by atoms with van der Waals surface area (Å²) in [4.78, 5) is 30.7. The van der Waals surface area contributed by atoms with E-state index < -0.39 is 0 Å².